The second-order valence-electron chi connectivity index (χ2n) is 3.93. The zero-order valence-corrected chi connectivity index (χ0v) is 10.8. The fraction of sp³-hybridized carbons (Fsp3) is 0.250. The molecule has 0 aliphatic carbocycles. The predicted octanol–water partition coefficient (Wildman–Crippen LogP) is 3.58. The van der Waals surface area contributed by atoms with Gasteiger partial charge >= 0.3 is 5.97 Å². The Morgan fingerprint density at radius 3 is 2.72 bits per heavy atom. The number of ether oxygens (including phenoxy) is 1. The van der Waals surface area contributed by atoms with Crippen molar-refractivity contribution in [3.63, 3.8) is 0 Å². The Morgan fingerprint density at radius 1 is 1.50 bits per heavy atom. The minimum atomic E-state index is -1.47. The molecule has 0 aromatic heterocycles. The topological polar surface area (TPSA) is 46.5 Å². The number of rotatable bonds is 2. The average Bonchev–Trinajstić information content (AvgIpc) is 2.26. The largest absolute Gasteiger partial charge is 0.480 e. The van der Waals surface area contributed by atoms with Crippen LogP contribution in [0.25, 0.3) is 6.08 Å². The van der Waals surface area contributed by atoms with Crippen molar-refractivity contribution in [1.82, 2.24) is 0 Å². The summed E-state index contributed by atoms with van der Waals surface area (Å²) in [5.41, 5.74) is 0.276. The van der Waals surface area contributed by atoms with Crippen LogP contribution in [0, 0.1) is 0 Å². The van der Waals surface area contributed by atoms with E-state index < -0.39 is 18.2 Å². The minimum Gasteiger partial charge on any atom is -0.480 e. The number of halogens is 3. The van der Waals surface area contributed by atoms with E-state index in [-0.39, 0.29) is 16.3 Å². The van der Waals surface area contributed by atoms with Crippen molar-refractivity contribution in [2.45, 2.75) is 19.2 Å². The van der Waals surface area contributed by atoms with Gasteiger partial charge in [-0.3, -0.25) is 0 Å². The van der Waals surface area contributed by atoms with Crippen molar-refractivity contribution in [2.75, 3.05) is 0 Å². The normalized spacial score (nSPS) is 19.6. The van der Waals surface area contributed by atoms with Gasteiger partial charge in [-0.1, -0.05) is 23.2 Å². The van der Waals surface area contributed by atoms with Crippen molar-refractivity contribution in [3.05, 3.63) is 33.3 Å². The van der Waals surface area contributed by atoms with Gasteiger partial charge in [-0.25, -0.2) is 9.18 Å². The van der Waals surface area contributed by atoms with E-state index >= 15 is 0 Å². The fourth-order valence-corrected chi connectivity index (χ4v) is 2.33. The molecule has 0 fully saturated rings. The zero-order chi connectivity index (χ0) is 13.4. The highest BCUT2D eigenvalue weighted by Gasteiger charge is 2.33. The SMILES string of the molecule is CC(F)C1Oc2c(Cl)cc(Cl)cc2C=C1C(=O)O. The van der Waals surface area contributed by atoms with Gasteiger partial charge in [0, 0.05) is 10.6 Å². The first-order valence-corrected chi connectivity index (χ1v) is 5.90. The maximum absolute atomic E-state index is 13.4. The van der Waals surface area contributed by atoms with Gasteiger partial charge in [-0.05, 0) is 25.1 Å². The summed E-state index contributed by atoms with van der Waals surface area (Å²) in [4.78, 5) is 11.1. The van der Waals surface area contributed by atoms with Gasteiger partial charge < -0.3 is 9.84 Å². The van der Waals surface area contributed by atoms with Crippen LogP contribution in [0.15, 0.2) is 17.7 Å². The van der Waals surface area contributed by atoms with E-state index in [1.54, 1.807) is 0 Å². The second-order valence-corrected chi connectivity index (χ2v) is 4.77. The van der Waals surface area contributed by atoms with Crippen LogP contribution >= 0.6 is 23.2 Å². The number of carbonyl (C=O) groups is 1. The van der Waals surface area contributed by atoms with Crippen LogP contribution in [-0.4, -0.2) is 23.4 Å². The molecule has 0 saturated heterocycles. The Labute approximate surface area is 113 Å². The van der Waals surface area contributed by atoms with Crippen LogP contribution in [0.3, 0.4) is 0 Å². The van der Waals surface area contributed by atoms with E-state index in [4.69, 9.17) is 33.0 Å². The summed E-state index contributed by atoms with van der Waals surface area (Å²) in [5.74, 6) is -0.980. The van der Waals surface area contributed by atoms with E-state index in [2.05, 4.69) is 0 Å². The van der Waals surface area contributed by atoms with Crippen LogP contribution in [0.5, 0.6) is 5.75 Å². The Morgan fingerprint density at radius 2 is 2.17 bits per heavy atom. The molecule has 6 heteroatoms. The molecule has 0 amide bonds. The van der Waals surface area contributed by atoms with Crippen LogP contribution in [-0.2, 0) is 4.79 Å². The molecule has 0 spiro atoms. The highest BCUT2D eigenvalue weighted by atomic mass is 35.5. The number of alkyl halides is 1. The molecular formula is C12H9Cl2FO3. The molecule has 1 aliphatic heterocycles. The lowest BCUT2D eigenvalue weighted by atomic mass is 9.99. The monoisotopic (exact) mass is 290 g/mol. The summed E-state index contributed by atoms with van der Waals surface area (Å²) in [6.07, 6.45) is -1.31. The predicted molar refractivity (Wildman–Crippen MR) is 67.1 cm³/mol. The highest BCUT2D eigenvalue weighted by molar-refractivity contribution is 6.36. The van der Waals surface area contributed by atoms with Gasteiger partial charge in [-0.2, -0.15) is 0 Å². The zero-order valence-electron chi connectivity index (χ0n) is 9.28. The van der Waals surface area contributed by atoms with Crippen molar-refractivity contribution in [2.24, 2.45) is 0 Å². The van der Waals surface area contributed by atoms with Gasteiger partial charge in [0.1, 0.15) is 11.9 Å². The molecule has 2 rings (SSSR count). The van der Waals surface area contributed by atoms with Crippen molar-refractivity contribution in [3.8, 4) is 5.75 Å². The Hall–Kier alpha value is -1.26. The van der Waals surface area contributed by atoms with Gasteiger partial charge in [-0.15, -0.1) is 0 Å². The molecule has 1 N–H and O–H groups in total. The highest BCUT2D eigenvalue weighted by Crippen LogP contribution is 2.39. The molecule has 1 aromatic carbocycles. The van der Waals surface area contributed by atoms with Crippen LogP contribution in [0.1, 0.15) is 12.5 Å². The summed E-state index contributed by atoms with van der Waals surface area (Å²) in [6, 6.07) is 2.98. The molecular weight excluding hydrogens is 282 g/mol. The minimum absolute atomic E-state index is 0.157. The maximum Gasteiger partial charge on any atom is 0.335 e. The van der Waals surface area contributed by atoms with E-state index in [1.807, 2.05) is 0 Å². The van der Waals surface area contributed by atoms with Crippen LogP contribution in [0.2, 0.25) is 10.0 Å². The summed E-state index contributed by atoms with van der Waals surface area (Å²) in [5, 5.41) is 9.62. The Bertz CT molecular complexity index is 540. The molecule has 1 heterocycles. The molecule has 2 atom stereocenters. The first-order chi connectivity index (χ1) is 8.40. The van der Waals surface area contributed by atoms with Gasteiger partial charge in [0.2, 0.25) is 0 Å². The van der Waals surface area contributed by atoms with Gasteiger partial charge in [0.05, 0.1) is 10.6 Å². The van der Waals surface area contributed by atoms with E-state index in [0.29, 0.717) is 10.6 Å². The quantitative estimate of drug-likeness (QED) is 0.906. The number of aliphatic carboxylic acids is 1. The number of hydrogen-bond acceptors (Lipinski definition) is 2. The lowest BCUT2D eigenvalue weighted by Crippen LogP contribution is -2.34. The standard InChI is InChI=1S/C12H9Cl2FO3/c1-5(15)10-8(12(16)17)3-6-2-7(13)4-9(14)11(6)18-10/h2-5,10H,1H3,(H,16,17). The van der Waals surface area contributed by atoms with Crippen molar-refractivity contribution >= 4 is 35.2 Å². The molecule has 2 unspecified atom stereocenters. The third-order valence-electron chi connectivity index (χ3n) is 2.56. The molecule has 0 bridgehead atoms. The molecule has 1 aliphatic rings. The van der Waals surface area contributed by atoms with Crippen LogP contribution in [0.4, 0.5) is 4.39 Å². The molecule has 0 radical (unpaired) electrons. The van der Waals surface area contributed by atoms with E-state index in [1.165, 1.54) is 25.1 Å². The smallest absolute Gasteiger partial charge is 0.335 e. The third-order valence-corrected chi connectivity index (χ3v) is 3.06. The summed E-state index contributed by atoms with van der Waals surface area (Å²) in [6.45, 7) is 1.23. The average molecular weight is 291 g/mol. The van der Waals surface area contributed by atoms with E-state index in [9.17, 15) is 9.18 Å². The molecule has 96 valence electrons. The lowest BCUT2D eigenvalue weighted by molar-refractivity contribution is -0.133. The number of benzene rings is 1. The molecule has 0 saturated carbocycles. The third kappa shape index (κ3) is 2.31. The van der Waals surface area contributed by atoms with Crippen molar-refractivity contribution < 1.29 is 19.0 Å². The van der Waals surface area contributed by atoms with E-state index in [0.717, 1.165) is 0 Å². The first kappa shape index (κ1) is 13.2. The van der Waals surface area contributed by atoms with Crippen molar-refractivity contribution in [1.29, 1.82) is 0 Å². The number of hydrogen-bond donors (Lipinski definition) is 1. The van der Waals surface area contributed by atoms with Crippen LogP contribution < -0.4 is 4.74 Å². The summed E-state index contributed by atoms with van der Waals surface area (Å²) >= 11 is 11.8. The first-order valence-electron chi connectivity index (χ1n) is 5.15. The van der Waals surface area contributed by atoms with Gasteiger partial charge in [0.25, 0.3) is 0 Å². The molecule has 1 aromatic rings. The second kappa shape index (κ2) is 4.78. The molecule has 3 nitrogen and oxygen atoms in total. The number of fused-ring (bicyclic) bond motifs is 1. The fourth-order valence-electron chi connectivity index (χ4n) is 1.78. The maximum atomic E-state index is 13.4. The summed E-state index contributed by atoms with van der Waals surface area (Å²) < 4.78 is 18.7. The molecule has 18 heavy (non-hydrogen) atoms. The van der Waals surface area contributed by atoms with Gasteiger partial charge in [0.15, 0.2) is 6.10 Å². The Balaban J connectivity index is 2.58. The Kier molecular flexibility index (Phi) is 3.50. The summed E-state index contributed by atoms with van der Waals surface area (Å²) in [7, 11) is 0. The lowest BCUT2D eigenvalue weighted by Gasteiger charge is -2.27. The number of carboxylic acids is 1. The number of carboxylic acid groups (broad SMARTS) is 1.